The van der Waals surface area contributed by atoms with Gasteiger partial charge in [0.25, 0.3) is 5.92 Å². The molecule has 0 spiro atoms. The first-order valence-corrected chi connectivity index (χ1v) is 7.50. The van der Waals surface area contributed by atoms with Crippen molar-refractivity contribution in [3.8, 4) is 0 Å². The normalized spacial score (nSPS) is 19.3. The number of methoxy groups -OCH3 is 1. The highest BCUT2D eigenvalue weighted by molar-refractivity contribution is 5.20. The van der Waals surface area contributed by atoms with Crippen molar-refractivity contribution >= 4 is 0 Å². The lowest BCUT2D eigenvalue weighted by molar-refractivity contribution is -0.0431. The molecule has 1 aromatic carbocycles. The molecule has 1 fully saturated rings. The van der Waals surface area contributed by atoms with Crippen molar-refractivity contribution in [3.63, 3.8) is 0 Å². The molecule has 0 amide bonds. The summed E-state index contributed by atoms with van der Waals surface area (Å²) in [5.41, 5.74) is 0.0757. The Morgan fingerprint density at radius 3 is 2.71 bits per heavy atom. The van der Waals surface area contributed by atoms with E-state index in [1.807, 2.05) is 0 Å². The summed E-state index contributed by atoms with van der Waals surface area (Å²) < 4.78 is 33.9. The third-order valence-corrected chi connectivity index (χ3v) is 3.87. The topological polar surface area (TPSA) is 24.5 Å². The molecule has 5 heteroatoms. The molecule has 118 valence electrons. The number of alkyl halides is 2. The van der Waals surface area contributed by atoms with Crippen LogP contribution in [0.25, 0.3) is 0 Å². The van der Waals surface area contributed by atoms with E-state index in [1.165, 1.54) is 12.1 Å². The highest BCUT2D eigenvalue weighted by Gasteiger charge is 2.34. The Balaban J connectivity index is 1.98. The van der Waals surface area contributed by atoms with Crippen LogP contribution in [0.2, 0.25) is 0 Å². The van der Waals surface area contributed by atoms with Gasteiger partial charge in [0.2, 0.25) is 0 Å². The van der Waals surface area contributed by atoms with Crippen LogP contribution in [0.4, 0.5) is 8.78 Å². The quantitative estimate of drug-likeness (QED) is 0.798. The third-order valence-electron chi connectivity index (χ3n) is 3.87. The van der Waals surface area contributed by atoms with Crippen LogP contribution in [-0.2, 0) is 10.7 Å². The van der Waals surface area contributed by atoms with Gasteiger partial charge < -0.3 is 10.1 Å². The lowest BCUT2D eigenvalue weighted by atomic mass is 10.1. The number of halogens is 2. The van der Waals surface area contributed by atoms with Crippen LogP contribution >= 0.6 is 0 Å². The second-order valence-corrected chi connectivity index (χ2v) is 5.59. The molecule has 0 aliphatic carbocycles. The minimum atomic E-state index is -2.84. The number of hydrogen-bond donors (Lipinski definition) is 1. The van der Waals surface area contributed by atoms with E-state index in [1.54, 1.807) is 30.2 Å². The summed E-state index contributed by atoms with van der Waals surface area (Å²) >= 11 is 0. The molecule has 0 saturated carbocycles. The van der Waals surface area contributed by atoms with E-state index < -0.39 is 5.92 Å². The van der Waals surface area contributed by atoms with Gasteiger partial charge in [0.1, 0.15) is 0 Å². The molecule has 21 heavy (non-hydrogen) atoms. The average molecular weight is 298 g/mol. The Hall–Kier alpha value is -1.04. The average Bonchev–Trinajstić information content (AvgIpc) is 2.98. The lowest BCUT2D eigenvalue weighted by Gasteiger charge is -2.29. The van der Waals surface area contributed by atoms with Crippen LogP contribution in [-0.4, -0.2) is 50.8 Å². The zero-order valence-electron chi connectivity index (χ0n) is 12.5. The fourth-order valence-electron chi connectivity index (χ4n) is 2.73. The van der Waals surface area contributed by atoms with Gasteiger partial charge in [-0.1, -0.05) is 30.3 Å². The molecule has 1 N–H and O–H groups in total. The summed E-state index contributed by atoms with van der Waals surface area (Å²) in [6.07, 6.45) is 2.18. The molecule has 1 saturated heterocycles. The minimum absolute atomic E-state index is 0.0757. The van der Waals surface area contributed by atoms with Crippen LogP contribution in [0.5, 0.6) is 0 Å². The molecule has 3 nitrogen and oxygen atoms in total. The van der Waals surface area contributed by atoms with Crippen LogP contribution in [0.3, 0.4) is 0 Å². The first-order valence-electron chi connectivity index (χ1n) is 7.50. The molecule has 1 aliphatic heterocycles. The summed E-state index contributed by atoms with van der Waals surface area (Å²) in [5.74, 6) is -2.84. The number of hydrogen-bond acceptors (Lipinski definition) is 3. The van der Waals surface area contributed by atoms with E-state index in [-0.39, 0.29) is 12.1 Å². The first kappa shape index (κ1) is 16.3. The van der Waals surface area contributed by atoms with Gasteiger partial charge in [-0.2, -0.15) is 8.78 Å². The molecular weight excluding hydrogens is 274 g/mol. The number of ether oxygens (including phenoxy) is 1. The monoisotopic (exact) mass is 298 g/mol. The smallest absolute Gasteiger partial charge is 0.285 e. The molecule has 1 aliphatic rings. The summed E-state index contributed by atoms with van der Waals surface area (Å²) in [7, 11) is 1.60. The van der Waals surface area contributed by atoms with Crippen molar-refractivity contribution in [1.82, 2.24) is 10.2 Å². The van der Waals surface area contributed by atoms with Gasteiger partial charge in [-0.15, -0.1) is 0 Å². The fraction of sp³-hybridized carbons (Fsp3) is 0.625. The second kappa shape index (κ2) is 7.82. The lowest BCUT2D eigenvalue weighted by Crippen LogP contribution is -2.44. The molecule has 0 bridgehead atoms. The highest BCUT2D eigenvalue weighted by atomic mass is 19.3. The van der Waals surface area contributed by atoms with Crippen molar-refractivity contribution < 1.29 is 13.5 Å². The van der Waals surface area contributed by atoms with Gasteiger partial charge >= 0.3 is 0 Å². The van der Waals surface area contributed by atoms with E-state index in [0.717, 1.165) is 19.4 Å². The summed E-state index contributed by atoms with van der Waals surface area (Å²) in [4.78, 5) is 1.81. The van der Waals surface area contributed by atoms with Crippen LogP contribution < -0.4 is 5.32 Å². The SMILES string of the molecule is COCCN(CC1CCCN1)CC(F)(F)c1ccccc1. The molecule has 0 aromatic heterocycles. The Morgan fingerprint density at radius 2 is 2.10 bits per heavy atom. The first-order chi connectivity index (χ1) is 10.1. The standard InChI is InChI=1S/C16H24F2N2O/c1-21-11-10-20(12-15-8-5-9-19-15)13-16(17,18)14-6-3-2-4-7-14/h2-4,6-7,15,19H,5,8-13H2,1H3. The summed E-state index contributed by atoms with van der Waals surface area (Å²) in [6, 6.07) is 8.35. The van der Waals surface area contributed by atoms with Gasteiger partial charge in [-0.25, -0.2) is 0 Å². The number of rotatable bonds is 8. The Labute approximate surface area is 125 Å². The predicted molar refractivity (Wildman–Crippen MR) is 79.7 cm³/mol. The van der Waals surface area contributed by atoms with Crippen molar-refractivity contribution in [2.24, 2.45) is 0 Å². The van der Waals surface area contributed by atoms with Gasteiger partial charge in [0, 0.05) is 31.8 Å². The molecular formula is C16H24F2N2O. The Kier molecular flexibility index (Phi) is 6.08. The maximum absolute atomic E-state index is 14.4. The van der Waals surface area contributed by atoms with E-state index in [2.05, 4.69) is 5.32 Å². The minimum Gasteiger partial charge on any atom is -0.383 e. The van der Waals surface area contributed by atoms with Gasteiger partial charge in [0.15, 0.2) is 0 Å². The molecule has 1 unspecified atom stereocenters. The number of nitrogens with one attached hydrogen (secondary N) is 1. The molecule has 1 aromatic rings. The van der Waals surface area contributed by atoms with Gasteiger partial charge in [-0.05, 0) is 19.4 Å². The van der Waals surface area contributed by atoms with Gasteiger partial charge in [-0.3, -0.25) is 4.90 Å². The zero-order valence-corrected chi connectivity index (χ0v) is 12.5. The Morgan fingerprint density at radius 1 is 1.33 bits per heavy atom. The maximum Gasteiger partial charge on any atom is 0.285 e. The fourth-order valence-corrected chi connectivity index (χ4v) is 2.73. The van der Waals surface area contributed by atoms with Crippen LogP contribution in [0, 0.1) is 0 Å². The van der Waals surface area contributed by atoms with E-state index in [0.29, 0.717) is 25.7 Å². The van der Waals surface area contributed by atoms with Crippen LogP contribution in [0.1, 0.15) is 18.4 Å². The van der Waals surface area contributed by atoms with E-state index >= 15 is 0 Å². The molecule has 1 heterocycles. The van der Waals surface area contributed by atoms with Crippen molar-refractivity contribution in [2.75, 3.05) is 39.9 Å². The van der Waals surface area contributed by atoms with Crippen molar-refractivity contribution in [1.29, 1.82) is 0 Å². The highest BCUT2D eigenvalue weighted by Crippen LogP contribution is 2.29. The number of nitrogens with zero attached hydrogens (tertiary/aromatic N) is 1. The van der Waals surface area contributed by atoms with Crippen molar-refractivity contribution in [2.45, 2.75) is 24.8 Å². The van der Waals surface area contributed by atoms with E-state index in [9.17, 15) is 8.78 Å². The number of benzene rings is 1. The summed E-state index contributed by atoms with van der Waals surface area (Å²) in [6.45, 7) is 2.36. The maximum atomic E-state index is 14.4. The predicted octanol–water partition coefficient (Wildman–Crippen LogP) is 2.48. The largest absolute Gasteiger partial charge is 0.383 e. The zero-order chi connectivity index (χ0) is 15.1. The molecule has 1 atom stereocenters. The second-order valence-electron chi connectivity index (χ2n) is 5.59. The molecule has 0 radical (unpaired) electrons. The van der Waals surface area contributed by atoms with Gasteiger partial charge in [0.05, 0.1) is 13.2 Å². The third kappa shape index (κ3) is 5.02. The van der Waals surface area contributed by atoms with Crippen molar-refractivity contribution in [3.05, 3.63) is 35.9 Å². The van der Waals surface area contributed by atoms with Crippen LogP contribution in [0.15, 0.2) is 30.3 Å². The summed E-state index contributed by atoms with van der Waals surface area (Å²) in [5, 5.41) is 3.36. The molecule has 2 rings (SSSR count). The van der Waals surface area contributed by atoms with E-state index in [4.69, 9.17) is 4.74 Å². The Bertz CT molecular complexity index is 408.